The first-order valence-corrected chi connectivity index (χ1v) is 7.08. The maximum Gasteiger partial charge on any atom is 0.306 e. The molecule has 0 aliphatic rings. The molecule has 0 rings (SSSR count). The van der Waals surface area contributed by atoms with Crippen LogP contribution in [-0.4, -0.2) is 32.1 Å². The van der Waals surface area contributed by atoms with Crippen molar-refractivity contribution in [2.45, 2.75) is 59.7 Å². The molecular formula is C14H28O4. The Kier molecular flexibility index (Phi) is 11.1. The molecule has 0 N–H and O–H groups in total. The third-order valence-electron chi connectivity index (χ3n) is 2.71. The lowest BCUT2D eigenvalue weighted by Gasteiger charge is -2.26. The second kappa shape index (κ2) is 11.5. The smallest absolute Gasteiger partial charge is 0.306 e. The minimum absolute atomic E-state index is 0.0869. The van der Waals surface area contributed by atoms with Crippen LogP contribution in [0, 0.1) is 5.92 Å². The lowest BCUT2D eigenvalue weighted by molar-refractivity contribution is -0.177. The number of hydrogen-bond donors (Lipinski definition) is 0. The van der Waals surface area contributed by atoms with E-state index in [9.17, 15) is 4.79 Å². The number of hydrogen-bond acceptors (Lipinski definition) is 4. The second-order valence-electron chi connectivity index (χ2n) is 4.19. The maximum absolute atomic E-state index is 11.6. The first-order valence-electron chi connectivity index (χ1n) is 7.08. The molecule has 108 valence electrons. The number of ether oxygens (including phenoxy) is 3. The molecule has 0 fully saturated rings. The summed E-state index contributed by atoms with van der Waals surface area (Å²) in [7, 11) is 0. The fourth-order valence-electron chi connectivity index (χ4n) is 1.88. The number of carbonyl (C=O) groups is 1. The zero-order chi connectivity index (χ0) is 13.8. The molecule has 1 atom stereocenters. The molecule has 4 nitrogen and oxygen atoms in total. The number of rotatable bonds is 11. The zero-order valence-corrected chi connectivity index (χ0v) is 12.2. The highest BCUT2D eigenvalue weighted by molar-refractivity contribution is 5.69. The lowest BCUT2D eigenvalue weighted by Crippen LogP contribution is -2.30. The molecule has 0 bridgehead atoms. The van der Waals surface area contributed by atoms with Gasteiger partial charge in [0.2, 0.25) is 0 Å². The molecule has 0 radical (unpaired) electrons. The molecule has 0 heterocycles. The van der Waals surface area contributed by atoms with E-state index in [1.165, 1.54) is 0 Å². The molecule has 0 aliphatic heterocycles. The van der Waals surface area contributed by atoms with Crippen molar-refractivity contribution in [3.63, 3.8) is 0 Å². The van der Waals surface area contributed by atoms with Crippen LogP contribution >= 0.6 is 0 Å². The maximum atomic E-state index is 11.6. The topological polar surface area (TPSA) is 44.8 Å². The van der Waals surface area contributed by atoms with Gasteiger partial charge in [-0.15, -0.1) is 0 Å². The predicted molar refractivity (Wildman–Crippen MR) is 71.3 cm³/mol. The average Bonchev–Trinajstić information content (AvgIpc) is 2.34. The van der Waals surface area contributed by atoms with Crippen molar-refractivity contribution in [1.29, 1.82) is 0 Å². The standard InChI is InChI=1S/C14H28O4/c1-5-9-10-12(11-13(15)16-6-2)14(17-7-3)18-8-4/h12,14H,5-11H2,1-4H3. The van der Waals surface area contributed by atoms with Crippen LogP contribution in [0.5, 0.6) is 0 Å². The first kappa shape index (κ1) is 17.4. The van der Waals surface area contributed by atoms with Crippen LogP contribution in [0.2, 0.25) is 0 Å². The van der Waals surface area contributed by atoms with Gasteiger partial charge in [-0.25, -0.2) is 0 Å². The Hall–Kier alpha value is -0.610. The second-order valence-corrected chi connectivity index (χ2v) is 4.19. The van der Waals surface area contributed by atoms with E-state index in [0.29, 0.717) is 26.2 Å². The van der Waals surface area contributed by atoms with Gasteiger partial charge in [0.25, 0.3) is 0 Å². The van der Waals surface area contributed by atoms with E-state index in [2.05, 4.69) is 6.92 Å². The van der Waals surface area contributed by atoms with Crippen LogP contribution in [0.3, 0.4) is 0 Å². The van der Waals surface area contributed by atoms with Crippen molar-refractivity contribution >= 4 is 5.97 Å². The van der Waals surface area contributed by atoms with Crippen molar-refractivity contribution in [2.24, 2.45) is 5.92 Å². The van der Waals surface area contributed by atoms with Crippen LogP contribution in [-0.2, 0) is 19.0 Å². The molecule has 0 aromatic carbocycles. The summed E-state index contributed by atoms with van der Waals surface area (Å²) in [6.45, 7) is 9.44. The highest BCUT2D eigenvalue weighted by atomic mass is 16.7. The van der Waals surface area contributed by atoms with E-state index in [0.717, 1.165) is 19.3 Å². The summed E-state index contributed by atoms with van der Waals surface area (Å²) in [4.78, 5) is 11.6. The summed E-state index contributed by atoms with van der Waals surface area (Å²) in [5.41, 5.74) is 0. The molecule has 18 heavy (non-hydrogen) atoms. The Morgan fingerprint density at radius 3 is 2.06 bits per heavy atom. The molecule has 4 heteroatoms. The monoisotopic (exact) mass is 260 g/mol. The zero-order valence-electron chi connectivity index (χ0n) is 12.2. The van der Waals surface area contributed by atoms with Gasteiger partial charge in [0, 0.05) is 19.1 Å². The quantitative estimate of drug-likeness (QED) is 0.423. The van der Waals surface area contributed by atoms with Gasteiger partial charge in [0.15, 0.2) is 6.29 Å². The fourth-order valence-corrected chi connectivity index (χ4v) is 1.88. The largest absolute Gasteiger partial charge is 0.466 e. The van der Waals surface area contributed by atoms with Crippen molar-refractivity contribution in [3.05, 3.63) is 0 Å². The van der Waals surface area contributed by atoms with Crippen LogP contribution < -0.4 is 0 Å². The first-order chi connectivity index (χ1) is 8.69. The van der Waals surface area contributed by atoms with Crippen LogP contribution in [0.15, 0.2) is 0 Å². The minimum Gasteiger partial charge on any atom is -0.466 e. The minimum atomic E-state index is -0.295. The van der Waals surface area contributed by atoms with Crippen LogP contribution in [0.1, 0.15) is 53.4 Å². The van der Waals surface area contributed by atoms with Crippen LogP contribution in [0.4, 0.5) is 0 Å². The van der Waals surface area contributed by atoms with Crippen molar-refractivity contribution in [2.75, 3.05) is 19.8 Å². The van der Waals surface area contributed by atoms with Gasteiger partial charge in [0.05, 0.1) is 13.0 Å². The molecular weight excluding hydrogens is 232 g/mol. The summed E-state index contributed by atoms with van der Waals surface area (Å²) in [6, 6.07) is 0. The van der Waals surface area contributed by atoms with Crippen molar-refractivity contribution in [3.8, 4) is 0 Å². The Balaban J connectivity index is 4.43. The van der Waals surface area contributed by atoms with Crippen LogP contribution in [0.25, 0.3) is 0 Å². The molecule has 1 unspecified atom stereocenters. The highest BCUT2D eigenvalue weighted by Gasteiger charge is 2.25. The van der Waals surface area contributed by atoms with Gasteiger partial charge >= 0.3 is 5.97 Å². The highest BCUT2D eigenvalue weighted by Crippen LogP contribution is 2.21. The summed E-state index contributed by atoms with van der Waals surface area (Å²) in [6.07, 6.45) is 3.18. The Labute approximate surface area is 111 Å². The van der Waals surface area contributed by atoms with Gasteiger partial charge in [-0.1, -0.05) is 19.8 Å². The average molecular weight is 260 g/mol. The van der Waals surface area contributed by atoms with E-state index in [1.807, 2.05) is 20.8 Å². The summed E-state index contributed by atoms with van der Waals surface area (Å²) in [5, 5.41) is 0. The molecule has 0 aliphatic carbocycles. The molecule has 0 spiro atoms. The normalized spacial score (nSPS) is 12.7. The summed E-state index contributed by atoms with van der Waals surface area (Å²) < 4.78 is 16.2. The van der Waals surface area contributed by atoms with Gasteiger partial charge in [-0.2, -0.15) is 0 Å². The fraction of sp³-hybridized carbons (Fsp3) is 0.929. The molecule has 0 saturated carbocycles. The van der Waals surface area contributed by atoms with Gasteiger partial charge in [-0.3, -0.25) is 4.79 Å². The molecule has 0 saturated heterocycles. The Morgan fingerprint density at radius 1 is 1.00 bits per heavy atom. The Bertz CT molecular complexity index is 200. The SMILES string of the molecule is CCCCC(CC(=O)OCC)C(OCC)OCC. The third-order valence-corrected chi connectivity index (χ3v) is 2.71. The third kappa shape index (κ3) is 7.67. The van der Waals surface area contributed by atoms with Crippen molar-refractivity contribution < 1.29 is 19.0 Å². The van der Waals surface area contributed by atoms with E-state index >= 15 is 0 Å². The van der Waals surface area contributed by atoms with Gasteiger partial charge < -0.3 is 14.2 Å². The number of esters is 1. The summed E-state index contributed by atoms with van der Waals surface area (Å²) in [5.74, 6) is -0.0769. The molecule has 0 aromatic rings. The summed E-state index contributed by atoms with van der Waals surface area (Å²) >= 11 is 0. The van der Waals surface area contributed by atoms with E-state index in [1.54, 1.807) is 0 Å². The molecule has 0 amide bonds. The van der Waals surface area contributed by atoms with E-state index < -0.39 is 0 Å². The Morgan fingerprint density at radius 2 is 1.61 bits per heavy atom. The lowest BCUT2D eigenvalue weighted by atomic mass is 9.97. The molecule has 0 aromatic heterocycles. The van der Waals surface area contributed by atoms with Gasteiger partial charge in [0.1, 0.15) is 0 Å². The van der Waals surface area contributed by atoms with E-state index in [4.69, 9.17) is 14.2 Å². The van der Waals surface area contributed by atoms with Crippen molar-refractivity contribution in [1.82, 2.24) is 0 Å². The van der Waals surface area contributed by atoms with E-state index in [-0.39, 0.29) is 18.2 Å². The number of carbonyl (C=O) groups excluding carboxylic acids is 1. The predicted octanol–water partition coefficient (Wildman–Crippen LogP) is 3.15. The van der Waals surface area contributed by atoms with Gasteiger partial charge in [-0.05, 0) is 27.2 Å². The number of unbranched alkanes of at least 4 members (excludes halogenated alkanes) is 1.